The van der Waals surface area contributed by atoms with Crippen molar-refractivity contribution in [1.29, 1.82) is 0 Å². The van der Waals surface area contributed by atoms with Gasteiger partial charge in [-0.3, -0.25) is 14.0 Å². The van der Waals surface area contributed by atoms with Crippen molar-refractivity contribution in [2.24, 2.45) is 0 Å². The van der Waals surface area contributed by atoms with Crippen LogP contribution in [0.25, 0.3) is 22.4 Å². The van der Waals surface area contributed by atoms with Crippen LogP contribution < -0.4 is 10.9 Å². The fourth-order valence-corrected chi connectivity index (χ4v) is 5.05. The molecule has 0 fully saturated rings. The Morgan fingerprint density at radius 3 is 2.33 bits per heavy atom. The molecule has 182 valence electrons. The molecular weight excluding hydrogens is 470 g/mol. The molecule has 0 unspecified atom stereocenters. The zero-order valence-electron chi connectivity index (χ0n) is 20.6. The lowest BCUT2D eigenvalue weighted by Gasteiger charge is -2.14. The van der Waals surface area contributed by atoms with Gasteiger partial charge in [0.1, 0.15) is 0 Å². The molecule has 0 aliphatic carbocycles. The standard InChI is InChI=1S/C28H27N5O2S/c1-17(2)20-13-15-21(16-14-20)29-25(34)19(4)36-28-31-30-27-32(23-11-7-5-9-18(23)3)26(35)22-10-6-8-12-24(22)33(27)28/h5-17,19H,1-4H3,(H,29,34)/t19-/m0/s1. The van der Waals surface area contributed by atoms with Gasteiger partial charge in [-0.05, 0) is 61.2 Å². The Bertz CT molecular complexity index is 1640. The third-order valence-electron chi connectivity index (χ3n) is 6.25. The van der Waals surface area contributed by atoms with E-state index >= 15 is 0 Å². The molecule has 0 saturated carbocycles. The molecule has 2 heterocycles. The van der Waals surface area contributed by atoms with E-state index in [1.54, 1.807) is 10.6 Å². The third kappa shape index (κ3) is 4.28. The van der Waals surface area contributed by atoms with Crippen LogP contribution in [0.4, 0.5) is 5.69 Å². The number of aryl methyl sites for hydroxylation is 1. The van der Waals surface area contributed by atoms with Gasteiger partial charge >= 0.3 is 0 Å². The van der Waals surface area contributed by atoms with Crippen molar-refractivity contribution in [2.45, 2.75) is 44.0 Å². The van der Waals surface area contributed by atoms with E-state index < -0.39 is 5.25 Å². The number of aromatic nitrogens is 4. The van der Waals surface area contributed by atoms with E-state index in [0.717, 1.165) is 16.9 Å². The second kappa shape index (κ2) is 9.62. The largest absolute Gasteiger partial charge is 0.325 e. The smallest absolute Gasteiger partial charge is 0.267 e. The van der Waals surface area contributed by atoms with Crippen molar-refractivity contribution in [3.63, 3.8) is 0 Å². The van der Waals surface area contributed by atoms with Gasteiger partial charge in [-0.25, -0.2) is 4.57 Å². The Morgan fingerprint density at radius 2 is 1.61 bits per heavy atom. The minimum Gasteiger partial charge on any atom is -0.325 e. The molecule has 0 bridgehead atoms. The summed E-state index contributed by atoms with van der Waals surface area (Å²) < 4.78 is 3.45. The molecule has 0 saturated heterocycles. The van der Waals surface area contributed by atoms with Crippen molar-refractivity contribution < 1.29 is 4.79 Å². The quantitative estimate of drug-likeness (QED) is 0.310. The van der Waals surface area contributed by atoms with Gasteiger partial charge in [-0.15, -0.1) is 10.2 Å². The zero-order valence-corrected chi connectivity index (χ0v) is 21.4. The lowest BCUT2D eigenvalue weighted by atomic mass is 10.0. The Morgan fingerprint density at radius 1 is 0.917 bits per heavy atom. The van der Waals surface area contributed by atoms with Crippen LogP contribution in [-0.4, -0.2) is 30.3 Å². The van der Waals surface area contributed by atoms with Gasteiger partial charge in [-0.1, -0.05) is 68.1 Å². The number of anilines is 1. The average molecular weight is 498 g/mol. The molecule has 0 spiro atoms. The Labute approximate surface area is 213 Å². The first-order valence-corrected chi connectivity index (χ1v) is 12.8. The van der Waals surface area contributed by atoms with Crippen LogP contribution in [0.1, 0.15) is 37.8 Å². The Balaban J connectivity index is 1.53. The molecule has 7 nitrogen and oxygen atoms in total. The number of carbonyl (C=O) groups excluding carboxylic acids is 1. The summed E-state index contributed by atoms with van der Waals surface area (Å²) in [5.74, 6) is 0.704. The second-order valence-corrected chi connectivity index (χ2v) is 10.4. The molecule has 36 heavy (non-hydrogen) atoms. The van der Waals surface area contributed by atoms with Crippen LogP contribution in [0.15, 0.2) is 82.7 Å². The van der Waals surface area contributed by atoms with Crippen molar-refractivity contribution >= 4 is 40.0 Å². The van der Waals surface area contributed by atoms with E-state index in [1.165, 1.54) is 17.3 Å². The zero-order chi connectivity index (χ0) is 25.4. The van der Waals surface area contributed by atoms with Crippen molar-refractivity contribution in [1.82, 2.24) is 19.2 Å². The van der Waals surface area contributed by atoms with Crippen LogP contribution in [0.5, 0.6) is 0 Å². The number of carbonyl (C=O) groups is 1. The molecule has 0 radical (unpaired) electrons. The number of nitrogens with zero attached hydrogens (tertiary/aromatic N) is 4. The van der Waals surface area contributed by atoms with E-state index in [2.05, 4.69) is 29.4 Å². The summed E-state index contributed by atoms with van der Waals surface area (Å²) in [6.45, 7) is 8.07. The highest BCUT2D eigenvalue weighted by Crippen LogP contribution is 2.27. The average Bonchev–Trinajstić information content (AvgIpc) is 3.28. The maximum absolute atomic E-state index is 13.5. The summed E-state index contributed by atoms with van der Waals surface area (Å²) in [5.41, 5.74) is 4.21. The van der Waals surface area contributed by atoms with E-state index in [4.69, 9.17) is 0 Å². The molecule has 0 aliphatic rings. The highest BCUT2D eigenvalue weighted by Gasteiger charge is 2.22. The summed E-state index contributed by atoms with van der Waals surface area (Å²) in [4.78, 5) is 26.5. The number of amides is 1. The number of hydrogen-bond acceptors (Lipinski definition) is 5. The third-order valence-corrected chi connectivity index (χ3v) is 7.29. The normalized spacial score (nSPS) is 12.4. The first kappa shape index (κ1) is 23.8. The second-order valence-electron chi connectivity index (χ2n) is 9.09. The van der Waals surface area contributed by atoms with Gasteiger partial charge in [-0.2, -0.15) is 0 Å². The topological polar surface area (TPSA) is 81.3 Å². The van der Waals surface area contributed by atoms with Gasteiger partial charge in [0.25, 0.3) is 5.56 Å². The molecule has 0 aliphatic heterocycles. The summed E-state index contributed by atoms with van der Waals surface area (Å²) in [6.07, 6.45) is 0. The highest BCUT2D eigenvalue weighted by atomic mass is 32.2. The lowest BCUT2D eigenvalue weighted by molar-refractivity contribution is -0.115. The summed E-state index contributed by atoms with van der Waals surface area (Å²) in [5, 5.41) is 12.4. The first-order valence-electron chi connectivity index (χ1n) is 11.9. The summed E-state index contributed by atoms with van der Waals surface area (Å²) >= 11 is 1.31. The van der Waals surface area contributed by atoms with Crippen molar-refractivity contribution in [2.75, 3.05) is 5.32 Å². The molecule has 1 atom stereocenters. The number of rotatable bonds is 6. The fourth-order valence-electron chi connectivity index (χ4n) is 4.19. The van der Waals surface area contributed by atoms with Crippen molar-refractivity contribution in [3.05, 3.63) is 94.3 Å². The van der Waals surface area contributed by atoms with Gasteiger partial charge in [0.15, 0.2) is 5.16 Å². The van der Waals surface area contributed by atoms with E-state index in [-0.39, 0.29) is 11.5 Å². The van der Waals surface area contributed by atoms with E-state index in [1.807, 2.05) is 85.0 Å². The molecule has 2 aromatic heterocycles. The number of benzene rings is 3. The van der Waals surface area contributed by atoms with Gasteiger partial charge < -0.3 is 5.32 Å². The van der Waals surface area contributed by atoms with Crippen LogP contribution >= 0.6 is 11.8 Å². The molecule has 1 N–H and O–H groups in total. The van der Waals surface area contributed by atoms with Gasteiger partial charge in [0, 0.05) is 5.69 Å². The Kier molecular flexibility index (Phi) is 6.36. The molecule has 1 amide bonds. The molecular formula is C28H27N5O2S. The fraction of sp³-hybridized carbons (Fsp3) is 0.214. The molecule has 5 rings (SSSR count). The number of thioether (sulfide) groups is 1. The molecule has 5 aromatic rings. The van der Waals surface area contributed by atoms with Gasteiger partial charge in [0.2, 0.25) is 11.7 Å². The highest BCUT2D eigenvalue weighted by molar-refractivity contribution is 8.00. The monoisotopic (exact) mass is 497 g/mol. The minimum atomic E-state index is -0.445. The van der Waals surface area contributed by atoms with Crippen LogP contribution in [0.2, 0.25) is 0 Å². The Hall–Kier alpha value is -3.91. The summed E-state index contributed by atoms with van der Waals surface area (Å²) in [7, 11) is 0. The molecule has 8 heteroatoms. The summed E-state index contributed by atoms with van der Waals surface area (Å²) in [6, 6.07) is 23.0. The van der Waals surface area contributed by atoms with E-state index in [0.29, 0.717) is 27.8 Å². The van der Waals surface area contributed by atoms with Crippen LogP contribution in [0.3, 0.4) is 0 Å². The number of hydrogen-bond donors (Lipinski definition) is 1. The maximum Gasteiger partial charge on any atom is 0.267 e. The first-order chi connectivity index (χ1) is 17.3. The maximum atomic E-state index is 13.5. The lowest BCUT2D eigenvalue weighted by Crippen LogP contribution is -2.24. The number of nitrogens with one attached hydrogen (secondary N) is 1. The number of para-hydroxylation sites is 2. The van der Waals surface area contributed by atoms with Gasteiger partial charge in [0.05, 0.1) is 21.8 Å². The van der Waals surface area contributed by atoms with Crippen LogP contribution in [-0.2, 0) is 4.79 Å². The predicted molar refractivity (Wildman–Crippen MR) is 145 cm³/mol. The van der Waals surface area contributed by atoms with Crippen LogP contribution in [0, 0.1) is 6.92 Å². The SMILES string of the molecule is Cc1ccccc1-n1c(=O)c2ccccc2n2c(S[C@@H](C)C(=O)Nc3ccc(C(C)C)cc3)nnc12. The predicted octanol–water partition coefficient (Wildman–Crippen LogP) is 5.58. The minimum absolute atomic E-state index is 0.134. The van der Waals surface area contributed by atoms with Crippen molar-refractivity contribution in [3.8, 4) is 5.69 Å². The number of fused-ring (bicyclic) bond motifs is 3. The molecule has 3 aromatic carbocycles. The van der Waals surface area contributed by atoms with E-state index in [9.17, 15) is 9.59 Å².